The Bertz CT molecular complexity index is 859. The van der Waals surface area contributed by atoms with Crippen molar-refractivity contribution in [2.24, 2.45) is 0 Å². The molecule has 2 heterocycles. The number of rotatable bonds is 4. The third kappa shape index (κ3) is 4.22. The molecule has 1 aliphatic heterocycles. The summed E-state index contributed by atoms with van der Waals surface area (Å²) in [6.45, 7) is 0.897. The second-order valence-electron chi connectivity index (χ2n) is 6.55. The van der Waals surface area contributed by atoms with Gasteiger partial charge in [-0.15, -0.1) is 0 Å². The first-order chi connectivity index (χ1) is 12.8. The summed E-state index contributed by atoms with van der Waals surface area (Å²) >= 11 is 0. The highest BCUT2D eigenvalue weighted by atomic mass is 19.4. The first-order valence-corrected chi connectivity index (χ1v) is 8.41. The SMILES string of the molecule is CN(C)c1nccc(NC2CCN(c3ccc(C#N)cc3C(F)(F)F)C2)n1. The van der Waals surface area contributed by atoms with Gasteiger partial charge in [-0.05, 0) is 30.7 Å². The van der Waals surface area contributed by atoms with Crippen LogP contribution in [0.2, 0.25) is 0 Å². The number of hydrogen-bond acceptors (Lipinski definition) is 6. The van der Waals surface area contributed by atoms with Gasteiger partial charge in [0.2, 0.25) is 5.95 Å². The molecule has 0 aliphatic carbocycles. The summed E-state index contributed by atoms with van der Waals surface area (Å²) in [7, 11) is 3.67. The predicted octanol–water partition coefficient (Wildman–Crippen LogP) is 3.12. The van der Waals surface area contributed by atoms with Crippen molar-refractivity contribution in [3.63, 3.8) is 0 Å². The number of nitrogens with one attached hydrogen (secondary N) is 1. The lowest BCUT2D eigenvalue weighted by atomic mass is 10.1. The Morgan fingerprint density at radius 2 is 2.07 bits per heavy atom. The Labute approximate surface area is 155 Å². The Balaban J connectivity index is 1.77. The molecular weight excluding hydrogens is 357 g/mol. The number of benzene rings is 1. The molecular formula is C18H19F3N6. The van der Waals surface area contributed by atoms with E-state index in [0.29, 0.717) is 31.3 Å². The van der Waals surface area contributed by atoms with Gasteiger partial charge in [0, 0.05) is 45.1 Å². The number of halogens is 3. The maximum Gasteiger partial charge on any atom is 0.418 e. The van der Waals surface area contributed by atoms with Crippen molar-refractivity contribution in [1.82, 2.24) is 9.97 Å². The minimum Gasteiger partial charge on any atom is -0.369 e. The first-order valence-electron chi connectivity index (χ1n) is 8.41. The summed E-state index contributed by atoms with van der Waals surface area (Å²) in [6.07, 6.45) is -2.20. The van der Waals surface area contributed by atoms with Crippen LogP contribution >= 0.6 is 0 Å². The standard InChI is InChI=1S/C18H19F3N6/c1-26(2)17-23-7-5-16(25-17)24-13-6-8-27(11-13)15-4-3-12(10-22)9-14(15)18(19,20)21/h3-5,7,9,13H,6,8,11H2,1-2H3,(H,23,24,25). The molecule has 1 aromatic carbocycles. The molecule has 0 bridgehead atoms. The molecule has 6 nitrogen and oxygen atoms in total. The van der Waals surface area contributed by atoms with Crippen LogP contribution in [0.15, 0.2) is 30.5 Å². The number of nitrogens with zero attached hydrogens (tertiary/aromatic N) is 5. The van der Waals surface area contributed by atoms with Gasteiger partial charge >= 0.3 is 6.18 Å². The summed E-state index contributed by atoms with van der Waals surface area (Å²) in [6, 6.07) is 7.16. The first kappa shape index (κ1) is 18.8. The third-order valence-electron chi connectivity index (χ3n) is 4.35. The molecule has 0 spiro atoms. The van der Waals surface area contributed by atoms with Crippen molar-refractivity contribution in [3.8, 4) is 6.07 Å². The Morgan fingerprint density at radius 1 is 1.30 bits per heavy atom. The molecule has 1 atom stereocenters. The van der Waals surface area contributed by atoms with E-state index < -0.39 is 11.7 Å². The molecule has 1 aromatic heterocycles. The highest BCUT2D eigenvalue weighted by Gasteiger charge is 2.36. The summed E-state index contributed by atoms with van der Waals surface area (Å²) in [5, 5.41) is 12.2. The van der Waals surface area contributed by atoms with E-state index in [9.17, 15) is 13.2 Å². The molecule has 142 valence electrons. The molecule has 1 aliphatic rings. The van der Waals surface area contributed by atoms with Crippen molar-refractivity contribution in [2.45, 2.75) is 18.6 Å². The Kier molecular flexibility index (Phi) is 5.08. The summed E-state index contributed by atoms with van der Waals surface area (Å²) < 4.78 is 40.2. The van der Waals surface area contributed by atoms with Crippen LogP contribution in [-0.4, -0.2) is 43.2 Å². The lowest BCUT2D eigenvalue weighted by Crippen LogP contribution is -2.28. The van der Waals surface area contributed by atoms with Crippen LogP contribution in [0.4, 0.5) is 30.6 Å². The van der Waals surface area contributed by atoms with Crippen LogP contribution in [0.25, 0.3) is 0 Å². The second-order valence-corrected chi connectivity index (χ2v) is 6.55. The average Bonchev–Trinajstić information content (AvgIpc) is 3.09. The van der Waals surface area contributed by atoms with Gasteiger partial charge in [-0.1, -0.05) is 0 Å². The van der Waals surface area contributed by atoms with Gasteiger partial charge < -0.3 is 15.1 Å². The average molecular weight is 376 g/mol. The molecule has 1 N–H and O–H groups in total. The zero-order valence-electron chi connectivity index (χ0n) is 15.0. The molecule has 1 fully saturated rings. The van der Waals surface area contributed by atoms with E-state index in [0.717, 1.165) is 6.07 Å². The van der Waals surface area contributed by atoms with Crippen LogP contribution < -0.4 is 15.1 Å². The number of hydrogen-bond donors (Lipinski definition) is 1. The van der Waals surface area contributed by atoms with Crippen LogP contribution in [-0.2, 0) is 6.18 Å². The Morgan fingerprint density at radius 3 is 2.74 bits per heavy atom. The zero-order chi connectivity index (χ0) is 19.6. The quantitative estimate of drug-likeness (QED) is 0.884. The van der Waals surface area contributed by atoms with Crippen molar-refractivity contribution in [3.05, 3.63) is 41.6 Å². The van der Waals surface area contributed by atoms with E-state index in [2.05, 4.69) is 15.3 Å². The lowest BCUT2D eigenvalue weighted by Gasteiger charge is -2.23. The minimum atomic E-state index is -4.51. The molecule has 9 heteroatoms. The van der Waals surface area contributed by atoms with Crippen LogP contribution in [0.3, 0.4) is 0 Å². The zero-order valence-corrected chi connectivity index (χ0v) is 15.0. The van der Waals surface area contributed by atoms with Gasteiger partial charge in [0.15, 0.2) is 0 Å². The third-order valence-corrected chi connectivity index (χ3v) is 4.35. The van der Waals surface area contributed by atoms with Crippen molar-refractivity contribution < 1.29 is 13.2 Å². The highest BCUT2D eigenvalue weighted by Crippen LogP contribution is 2.38. The van der Waals surface area contributed by atoms with E-state index in [1.165, 1.54) is 12.1 Å². The van der Waals surface area contributed by atoms with E-state index >= 15 is 0 Å². The maximum atomic E-state index is 13.4. The van der Waals surface area contributed by atoms with Gasteiger partial charge in [-0.2, -0.15) is 23.4 Å². The second kappa shape index (κ2) is 7.31. The monoisotopic (exact) mass is 376 g/mol. The topological polar surface area (TPSA) is 68.1 Å². The van der Waals surface area contributed by atoms with Gasteiger partial charge in [0.25, 0.3) is 0 Å². The molecule has 2 aromatic rings. The van der Waals surface area contributed by atoms with E-state index in [4.69, 9.17) is 5.26 Å². The molecule has 0 amide bonds. The van der Waals surface area contributed by atoms with E-state index in [1.54, 1.807) is 28.1 Å². The Hall–Kier alpha value is -3.02. The summed E-state index contributed by atoms with van der Waals surface area (Å²) in [5.74, 6) is 1.19. The lowest BCUT2D eigenvalue weighted by molar-refractivity contribution is -0.137. The van der Waals surface area contributed by atoms with Gasteiger partial charge in [-0.3, -0.25) is 0 Å². The molecule has 1 unspecified atom stereocenters. The molecule has 27 heavy (non-hydrogen) atoms. The molecule has 0 radical (unpaired) electrons. The van der Waals surface area contributed by atoms with Crippen molar-refractivity contribution in [2.75, 3.05) is 42.3 Å². The summed E-state index contributed by atoms with van der Waals surface area (Å²) in [4.78, 5) is 12.0. The number of anilines is 3. The van der Waals surface area contributed by atoms with Gasteiger partial charge in [0.1, 0.15) is 5.82 Å². The van der Waals surface area contributed by atoms with Crippen LogP contribution in [0.1, 0.15) is 17.5 Å². The van der Waals surface area contributed by atoms with Crippen molar-refractivity contribution in [1.29, 1.82) is 5.26 Å². The minimum absolute atomic E-state index is 0.00264. The molecule has 1 saturated heterocycles. The molecule has 0 saturated carbocycles. The number of alkyl halides is 3. The van der Waals surface area contributed by atoms with E-state index in [1.807, 2.05) is 14.1 Å². The maximum absolute atomic E-state index is 13.4. The fraction of sp³-hybridized carbons (Fsp3) is 0.389. The fourth-order valence-electron chi connectivity index (χ4n) is 3.06. The largest absolute Gasteiger partial charge is 0.418 e. The fourth-order valence-corrected chi connectivity index (χ4v) is 3.06. The smallest absolute Gasteiger partial charge is 0.369 e. The van der Waals surface area contributed by atoms with E-state index in [-0.39, 0.29) is 17.3 Å². The van der Waals surface area contributed by atoms with Gasteiger partial charge in [0.05, 0.1) is 17.2 Å². The number of nitriles is 1. The van der Waals surface area contributed by atoms with Crippen molar-refractivity contribution >= 4 is 17.5 Å². The van der Waals surface area contributed by atoms with Crippen LogP contribution in [0, 0.1) is 11.3 Å². The van der Waals surface area contributed by atoms with Gasteiger partial charge in [-0.25, -0.2) is 4.98 Å². The highest BCUT2D eigenvalue weighted by molar-refractivity contribution is 5.59. The number of aromatic nitrogens is 2. The summed E-state index contributed by atoms with van der Waals surface area (Å²) in [5.41, 5.74) is -0.682. The molecule has 3 rings (SSSR count). The normalized spacial score (nSPS) is 16.9. The van der Waals surface area contributed by atoms with Crippen LogP contribution in [0.5, 0.6) is 0 Å². The predicted molar refractivity (Wildman–Crippen MR) is 96.8 cm³/mol.